The van der Waals surface area contributed by atoms with Gasteiger partial charge in [-0.1, -0.05) is 46.3 Å². The van der Waals surface area contributed by atoms with Crippen LogP contribution in [0.2, 0.25) is 0 Å². The molecule has 0 aromatic carbocycles. The van der Waals surface area contributed by atoms with Gasteiger partial charge in [0.05, 0.1) is 36.1 Å². The van der Waals surface area contributed by atoms with E-state index in [0.29, 0.717) is 48.1 Å². The molecule has 25 nitrogen and oxygen atoms in total. The maximum absolute atomic E-state index is 12.5. The van der Waals surface area contributed by atoms with Gasteiger partial charge < -0.3 is 61.0 Å². The number of aliphatic carboxylic acids is 2. The highest BCUT2D eigenvalue weighted by molar-refractivity contribution is 8.76. The number of Topliss-reactive ketones (excluding diaryl/α,β-unsaturated/α-hetero) is 2. The molecule has 12 N–H and O–H groups in total. The van der Waals surface area contributed by atoms with E-state index in [2.05, 4.69) is 40.3 Å². The average Bonchev–Trinajstić information content (AvgIpc) is 3.71. The Balaban J connectivity index is 1.37. The third kappa shape index (κ3) is 18.8. The molecule has 3 rings (SSSR count). The molecule has 1 saturated heterocycles. The monoisotopic (exact) mass is 976 g/mol. The minimum absolute atomic E-state index is 0.0282. The number of carboxylic acids is 2. The minimum atomic E-state index is -5.75. The molecule has 0 radical (unpaired) electrons. The van der Waals surface area contributed by atoms with Crippen molar-refractivity contribution in [3.05, 3.63) is 18.1 Å². The zero-order valence-electron chi connectivity index (χ0n) is 32.6. The van der Waals surface area contributed by atoms with Crippen LogP contribution < -0.4 is 16.8 Å². The molecule has 0 bridgehead atoms. The Morgan fingerprint density at radius 3 is 2.32 bits per heavy atom. The lowest BCUT2D eigenvalue weighted by Gasteiger charge is -2.19. The number of anilines is 1. The highest BCUT2D eigenvalue weighted by atomic mass is 33.1. The van der Waals surface area contributed by atoms with Crippen molar-refractivity contribution in [1.82, 2.24) is 19.9 Å². The summed E-state index contributed by atoms with van der Waals surface area (Å²) in [5, 5.41) is 30.9. The van der Waals surface area contributed by atoms with Gasteiger partial charge in [-0.2, -0.15) is 8.62 Å². The topological polar surface area (TPSA) is 410 Å². The van der Waals surface area contributed by atoms with Crippen LogP contribution in [0.25, 0.3) is 11.0 Å². The molecule has 7 unspecified atom stereocenters. The molecule has 1 aliphatic heterocycles. The number of carboxylic acid groups (broad SMARTS) is 2. The van der Waals surface area contributed by atoms with Crippen LogP contribution in [0.4, 0.5) is 5.82 Å². The second-order valence-electron chi connectivity index (χ2n) is 13.5. The number of carbonyl (C=O) groups is 5. The van der Waals surface area contributed by atoms with Gasteiger partial charge >= 0.3 is 35.4 Å². The van der Waals surface area contributed by atoms with E-state index in [-0.39, 0.29) is 61.6 Å². The number of carbonyl (C=O) groups excluding carboxylic acids is 3. The number of ether oxygens (including phenoxy) is 1. The number of hydrogen-bond acceptors (Lipinski definition) is 19. The van der Waals surface area contributed by atoms with Crippen molar-refractivity contribution in [3.63, 3.8) is 0 Å². The highest BCUT2D eigenvalue weighted by Gasteiger charge is 2.43. The van der Waals surface area contributed by atoms with Crippen LogP contribution in [-0.2, 0) is 55.5 Å². The summed E-state index contributed by atoms with van der Waals surface area (Å²) >= 11 is 0. The van der Waals surface area contributed by atoms with Crippen molar-refractivity contribution in [3.8, 4) is 11.8 Å². The number of unbranched alkanes of at least 4 members (excludes halogenated alkanes) is 3. The van der Waals surface area contributed by atoms with Crippen molar-refractivity contribution in [2.45, 2.75) is 101 Å². The van der Waals surface area contributed by atoms with Crippen LogP contribution in [0.3, 0.4) is 0 Å². The van der Waals surface area contributed by atoms with Crippen LogP contribution in [0.1, 0.15) is 82.4 Å². The van der Waals surface area contributed by atoms with E-state index in [1.54, 1.807) is 0 Å². The first-order valence-corrected chi connectivity index (χ1v) is 25.5. The van der Waals surface area contributed by atoms with Crippen molar-refractivity contribution in [1.29, 1.82) is 0 Å². The van der Waals surface area contributed by atoms with Gasteiger partial charge in [0, 0.05) is 56.2 Å². The number of hydrogen-bond donors (Lipinski definition) is 10. The zero-order chi connectivity index (χ0) is 46.3. The number of nitrogens with two attached hydrogens (primary N) is 2. The van der Waals surface area contributed by atoms with E-state index in [1.807, 2.05) is 0 Å². The second kappa shape index (κ2) is 24.7. The number of phosphoric acid groups is 3. The van der Waals surface area contributed by atoms with Crippen molar-refractivity contribution in [2.24, 2.45) is 5.73 Å². The summed E-state index contributed by atoms with van der Waals surface area (Å²) in [5.74, 6) is 3.25. The fourth-order valence-electron chi connectivity index (χ4n) is 5.61. The zero-order valence-corrected chi connectivity index (χ0v) is 36.9. The van der Waals surface area contributed by atoms with Gasteiger partial charge in [-0.3, -0.25) is 23.7 Å². The molecule has 62 heavy (non-hydrogen) atoms. The summed E-state index contributed by atoms with van der Waals surface area (Å²) in [6.45, 7) is -0.875. The number of rotatable bonds is 28. The van der Waals surface area contributed by atoms with Gasteiger partial charge in [0.2, 0.25) is 5.91 Å². The summed E-state index contributed by atoms with van der Waals surface area (Å²) in [6, 6.07) is -2.19. The maximum atomic E-state index is 12.5. The number of aliphatic hydroxyl groups excluding tert-OH is 1. The van der Waals surface area contributed by atoms with Crippen LogP contribution >= 0.6 is 45.1 Å². The first-order chi connectivity index (χ1) is 29.0. The molecule has 1 fully saturated rings. The van der Waals surface area contributed by atoms with Crippen molar-refractivity contribution >= 4 is 91.3 Å². The summed E-state index contributed by atoms with van der Waals surface area (Å²) in [7, 11) is -14.0. The van der Waals surface area contributed by atoms with Gasteiger partial charge in [0.1, 0.15) is 47.7 Å². The van der Waals surface area contributed by atoms with E-state index in [0.717, 1.165) is 0 Å². The molecule has 1 amide bonds. The molecule has 0 spiro atoms. The second-order valence-corrected chi connectivity index (χ2v) is 20.5. The number of amides is 1. The minimum Gasteiger partial charge on any atom is -0.481 e. The first kappa shape index (κ1) is 53.1. The Morgan fingerprint density at radius 2 is 1.66 bits per heavy atom. The number of ketones is 2. The van der Waals surface area contributed by atoms with Gasteiger partial charge in [-0.25, -0.2) is 28.5 Å². The molecule has 1 aliphatic rings. The van der Waals surface area contributed by atoms with Gasteiger partial charge in [0.25, 0.3) is 0 Å². The standard InChI is InChI=1S/C32H47N6O19P3S2/c33-21(23(40)9-3-1-2-4-10-26(42)37-22(32(45)46)13-28(43)44)17-62-61-12-11-20(39)8-6-5-7-19-15-38(31-29(19)30(34)35-18-36-31)27-14-24(41)25(55-27)16-54-59(50,51)57-60(52,53)56-58(47,48)49/h15,18,21-22,24-25,27,41H,1-4,6,8-14,16-17,33H2,(H,37,42)(H,43,44)(H,45,46)(H,50,51)(H,52,53)(H2,34,35,36)(H2,47,48,49). The Hall–Kier alpha value is -3.28. The number of fused-ring (bicyclic) bond motifs is 1. The van der Waals surface area contributed by atoms with Crippen LogP contribution in [0.15, 0.2) is 12.5 Å². The molecule has 7 atom stereocenters. The average molecular weight is 977 g/mol. The Labute approximate surface area is 361 Å². The fraction of sp³-hybridized carbons (Fsp3) is 0.594. The number of aromatic nitrogens is 3. The number of nitrogens with one attached hydrogen (secondary N) is 1. The first-order valence-electron chi connectivity index (χ1n) is 18.5. The lowest BCUT2D eigenvalue weighted by atomic mass is 10.1. The largest absolute Gasteiger partial charge is 0.490 e. The Kier molecular flexibility index (Phi) is 21.1. The van der Waals surface area contributed by atoms with Crippen LogP contribution in [-0.4, -0.2) is 121 Å². The number of phosphoric ester groups is 1. The molecule has 30 heteroatoms. The highest BCUT2D eigenvalue weighted by Crippen LogP contribution is 2.66. The quantitative estimate of drug-likeness (QED) is 0.0251. The molecule has 2 aromatic rings. The van der Waals surface area contributed by atoms with Crippen molar-refractivity contribution in [2.75, 3.05) is 23.8 Å². The van der Waals surface area contributed by atoms with Crippen molar-refractivity contribution < 1.29 is 90.4 Å². The van der Waals surface area contributed by atoms with E-state index >= 15 is 0 Å². The fourth-order valence-corrected chi connectivity index (χ4v) is 10.8. The number of nitrogens with zero attached hydrogens (tertiary/aromatic N) is 3. The smallest absolute Gasteiger partial charge is 0.481 e. The molecular weight excluding hydrogens is 929 g/mol. The molecule has 0 aliphatic carbocycles. The normalized spacial score (nSPS) is 19.4. The summed E-state index contributed by atoms with van der Waals surface area (Å²) in [5.41, 5.74) is 12.7. The molecular formula is C32H47N6O19P3S2. The number of nitrogen functional groups attached to an aromatic ring is 1. The van der Waals surface area contributed by atoms with E-state index in [1.165, 1.54) is 38.7 Å². The lowest BCUT2D eigenvalue weighted by Crippen LogP contribution is -2.42. The van der Waals surface area contributed by atoms with E-state index < -0.39 is 84.9 Å². The maximum Gasteiger partial charge on any atom is 0.490 e. The Bertz CT molecular complexity index is 2130. The summed E-state index contributed by atoms with van der Waals surface area (Å²) in [6.07, 6.45) is 1.42. The van der Waals surface area contributed by atoms with E-state index in [9.17, 15) is 52.6 Å². The SMILES string of the molecule is Nc1ncnc2c1c(C#CCCC(=O)CCSSCC(N)C(=O)CCCCCCC(=O)NC(CC(=O)O)C(=O)O)cn2C1CC(O)C(COP(=O)(O)OP(=O)(O)OP(=O)(O)O)O1. The van der Waals surface area contributed by atoms with Gasteiger partial charge in [0.15, 0.2) is 0 Å². The van der Waals surface area contributed by atoms with Crippen LogP contribution in [0.5, 0.6) is 0 Å². The predicted octanol–water partition coefficient (Wildman–Crippen LogP) is 1.76. The third-order valence-corrected chi connectivity index (χ3v) is 14.8. The summed E-state index contributed by atoms with van der Waals surface area (Å²) < 4.78 is 53.8. The molecule has 2 aromatic heterocycles. The predicted molar refractivity (Wildman–Crippen MR) is 219 cm³/mol. The lowest BCUT2D eigenvalue weighted by molar-refractivity contribution is -0.147. The third-order valence-electron chi connectivity index (χ3n) is 8.52. The van der Waals surface area contributed by atoms with Gasteiger partial charge in [-0.05, 0) is 12.8 Å². The van der Waals surface area contributed by atoms with Crippen LogP contribution in [0, 0.1) is 11.8 Å². The summed E-state index contributed by atoms with van der Waals surface area (Å²) in [4.78, 5) is 103. The molecule has 346 valence electrons. The Morgan fingerprint density at radius 1 is 0.968 bits per heavy atom. The number of aliphatic hydroxyl groups is 1. The molecule has 3 heterocycles. The van der Waals surface area contributed by atoms with Gasteiger partial charge in [-0.15, -0.1) is 0 Å². The molecule has 0 saturated carbocycles. The van der Waals surface area contributed by atoms with E-state index in [4.69, 9.17) is 36.2 Å².